The molecule has 2 heterocycles. The molecule has 0 atom stereocenters. The molecule has 53 heavy (non-hydrogen) atoms. The number of hydrogen-bond donors (Lipinski definition) is 1. The quantitative estimate of drug-likeness (QED) is 0.182. The van der Waals surface area contributed by atoms with Crippen LogP contribution >= 0.6 is 15.9 Å². The predicted octanol–water partition coefficient (Wildman–Crippen LogP) is 14.1. The van der Waals surface area contributed by atoms with Crippen LogP contribution in [0.15, 0.2) is 207 Å². The van der Waals surface area contributed by atoms with Crippen molar-refractivity contribution in [3.63, 3.8) is 0 Å². The number of hydrogen-bond acceptors (Lipinski definition) is 3. The van der Waals surface area contributed by atoms with Crippen LogP contribution in [0.3, 0.4) is 0 Å². The lowest BCUT2D eigenvalue weighted by molar-refractivity contribution is 0.669. The van der Waals surface area contributed by atoms with Gasteiger partial charge in [-0.1, -0.05) is 174 Å². The zero-order valence-corrected chi connectivity index (χ0v) is 30.5. The first-order chi connectivity index (χ1) is 26.1. The highest BCUT2D eigenvalue weighted by Crippen LogP contribution is 2.37. The molecule has 2 N–H and O–H groups in total. The maximum atomic E-state index is 6.20. The van der Waals surface area contributed by atoms with E-state index in [-0.39, 0.29) is 0 Å². The Balaban J connectivity index is 0.000000131. The van der Waals surface area contributed by atoms with E-state index in [0.29, 0.717) is 0 Å². The Morgan fingerprint density at radius 1 is 0.396 bits per heavy atom. The Labute approximate surface area is 317 Å². The van der Waals surface area contributed by atoms with E-state index in [1.54, 1.807) is 0 Å². The summed E-state index contributed by atoms with van der Waals surface area (Å²) >= 11 is 3.53. The molecule has 8 aromatic carbocycles. The molecule has 0 unspecified atom stereocenters. The third kappa shape index (κ3) is 7.50. The molecule has 0 aliphatic carbocycles. The van der Waals surface area contributed by atoms with Crippen LogP contribution in [-0.2, 0) is 6.42 Å². The largest absolute Gasteiger partial charge is 0.455 e. The van der Waals surface area contributed by atoms with Crippen LogP contribution in [-0.4, -0.2) is 0 Å². The average Bonchev–Trinajstić information content (AvgIpc) is 3.78. The summed E-state index contributed by atoms with van der Waals surface area (Å²) in [6.07, 6.45) is 0.935. The van der Waals surface area contributed by atoms with E-state index in [2.05, 4.69) is 137 Å². The van der Waals surface area contributed by atoms with Crippen LogP contribution < -0.4 is 5.73 Å². The average molecular weight is 751 g/mol. The van der Waals surface area contributed by atoms with Crippen molar-refractivity contribution in [2.75, 3.05) is 5.73 Å². The summed E-state index contributed by atoms with van der Waals surface area (Å²) in [5, 5.41) is 4.67. The van der Waals surface area contributed by atoms with Gasteiger partial charge in [0.15, 0.2) is 0 Å². The summed E-state index contributed by atoms with van der Waals surface area (Å²) in [5.41, 5.74) is 17.2. The van der Waals surface area contributed by atoms with Gasteiger partial charge < -0.3 is 14.6 Å². The highest BCUT2D eigenvalue weighted by Gasteiger charge is 2.13. The van der Waals surface area contributed by atoms with Gasteiger partial charge in [-0.3, -0.25) is 0 Å². The molecule has 0 aliphatic rings. The summed E-state index contributed by atoms with van der Waals surface area (Å²) in [7, 11) is 0. The Bertz CT molecular complexity index is 2780. The van der Waals surface area contributed by atoms with Crippen molar-refractivity contribution in [1.29, 1.82) is 0 Å². The Kier molecular flexibility index (Phi) is 9.86. The third-order valence-corrected chi connectivity index (χ3v) is 9.73. The predicted molar refractivity (Wildman–Crippen MR) is 226 cm³/mol. The van der Waals surface area contributed by atoms with Crippen molar-refractivity contribution in [2.45, 2.75) is 6.42 Å². The van der Waals surface area contributed by atoms with Crippen LogP contribution in [0.4, 0.5) is 5.69 Å². The molecule has 10 rings (SSSR count). The fourth-order valence-corrected chi connectivity index (χ4v) is 7.14. The summed E-state index contributed by atoms with van der Waals surface area (Å²) in [6, 6.07) is 66.2. The lowest BCUT2D eigenvalue weighted by Crippen LogP contribution is -1.88. The number of benzene rings is 8. The lowest BCUT2D eigenvalue weighted by atomic mass is 9.98. The van der Waals surface area contributed by atoms with Crippen molar-refractivity contribution >= 4 is 65.5 Å². The van der Waals surface area contributed by atoms with E-state index in [4.69, 9.17) is 14.6 Å². The molecule has 10 aromatic rings. The molecule has 3 nitrogen and oxygen atoms in total. The number of fused-ring (bicyclic) bond motifs is 6. The van der Waals surface area contributed by atoms with E-state index >= 15 is 0 Å². The van der Waals surface area contributed by atoms with Crippen LogP contribution in [0.1, 0.15) is 11.1 Å². The zero-order chi connectivity index (χ0) is 36.0. The van der Waals surface area contributed by atoms with Crippen LogP contribution in [0.5, 0.6) is 0 Å². The number of anilines is 1. The number of nitrogen functional groups attached to an aromatic ring is 1. The molecular formula is C49H36BrNO2. The Morgan fingerprint density at radius 2 is 0.849 bits per heavy atom. The molecule has 0 saturated carbocycles. The smallest absolute Gasteiger partial charge is 0.143 e. The highest BCUT2D eigenvalue weighted by molar-refractivity contribution is 9.10. The van der Waals surface area contributed by atoms with Gasteiger partial charge in [0.25, 0.3) is 0 Å². The summed E-state index contributed by atoms with van der Waals surface area (Å²) in [5.74, 6) is 0. The lowest BCUT2D eigenvalue weighted by Gasteiger charge is -2.07. The van der Waals surface area contributed by atoms with Gasteiger partial charge >= 0.3 is 0 Å². The number of para-hydroxylation sites is 5. The van der Waals surface area contributed by atoms with Crippen molar-refractivity contribution in [1.82, 2.24) is 0 Å². The van der Waals surface area contributed by atoms with Crippen molar-refractivity contribution in [3.05, 3.63) is 210 Å². The molecule has 0 saturated heterocycles. The van der Waals surface area contributed by atoms with E-state index in [1.165, 1.54) is 32.8 Å². The fraction of sp³-hybridized carbons (Fsp3) is 0.0204. The molecule has 0 radical (unpaired) electrons. The number of halogens is 1. The van der Waals surface area contributed by atoms with Gasteiger partial charge in [-0.25, -0.2) is 0 Å². The van der Waals surface area contributed by atoms with Gasteiger partial charge in [0.2, 0.25) is 0 Å². The van der Waals surface area contributed by atoms with Gasteiger partial charge in [0.1, 0.15) is 22.3 Å². The number of rotatable bonds is 4. The second-order valence-corrected chi connectivity index (χ2v) is 13.8. The van der Waals surface area contributed by atoms with E-state index in [1.807, 2.05) is 72.8 Å². The molecule has 0 bridgehead atoms. The van der Waals surface area contributed by atoms with Gasteiger partial charge in [-0.05, 0) is 65.1 Å². The monoisotopic (exact) mass is 749 g/mol. The van der Waals surface area contributed by atoms with Crippen LogP contribution in [0, 0.1) is 0 Å². The molecular weight excluding hydrogens is 714 g/mol. The Morgan fingerprint density at radius 3 is 1.40 bits per heavy atom. The summed E-state index contributed by atoms with van der Waals surface area (Å²) in [4.78, 5) is 0. The van der Waals surface area contributed by atoms with Crippen molar-refractivity contribution in [2.24, 2.45) is 0 Å². The molecule has 0 spiro atoms. The summed E-state index contributed by atoms with van der Waals surface area (Å²) < 4.78 is 13.3. The second kappa shape index (κ2) is 15.5. The van der Waals surface area contributed by atoms with E-state index in [0.717, 1.165) is 61.0 Å². The van der Waals surface area contributed by atoms with Crippen molar-refractivity contribution in [3.8, 4) is 22.3 Å². The minimum Gasteiger partial charge on any atom is -0.455 e. The summed E-state index contributed by atoms with van der Waals surface area (Å²) in [6.45, 7) is 0. The normalized spacial score (nSPS) is 10.9. The Hall–Kier alpha value is -6.36. The first-order valence-electron chi connectivity index (χ1n) is 17.6. The SMILES string of the molecule is Brc1cccc(-c2cccc3c2oc2ccccc23)c1.Nc1ccccc1.c1ccc(Cc2cccc(-c3cccc4c3oc3ccccc34)c2)cc1. The van der Waals surface area contributed by atoms with Gasteiger partial charge in [-0.2, -0.15) is 0 Å². The molecule has 0 aliphatic heterocycles. The fourth-order valence-electron chi connectivity index (χ4n) is 6.74. The third-order valence-electron chi connectivity index (χ3n) is 9.23. The second-order valence-electron chi connectivity index (χ2n) is 12.8. The maximum Gasteiger partial charge on any atom is 0.143 e. The molecule has 0 amide bonds. The maximum absolute atomic E-state index is 6.20. The van der Waals surface area contributed by atoms with Gasteiger partial charge in [-0.15, -0.1) is 0 Å². The molecule has 2 aromatic heterocycles. The zero-order valence-electron chi connectivity index (χ0n) is 29.0. The molecule has 0 fully saturated rings. The molecule has 256 valence electrons. The minimum absolute atomic E-state index is 0.822. The van der Waals surface area contributed by atoms with E-state index < -0.39 is 0 Å². The first kappa shape index (κ1) is 33.8. The van der Waals surface area contributed by atoms with Gasteiger partial charge in [0.05, 0.1) is 0 Å². The molecule has 4 heteroatoms. The standard InChI is InChI=1S/C25H18O.C18H11BrO.C6H7N/c1-2-8-18(9-3-1)16-19-10-6-11-20(17-19)21-13-7-14-23-22-12-4-5-15-24(22)26-25(21)23;19-13-6-3-5-12(11-13)14-8-4-9-16-15-7-1-2-10-17(15)20-18(14)16;7-6-4-2-1-3-5-6/h1-15,17H,16H2;1-11H;1-5H,7H2. The van der Waals surface area contributed by atoms with Crippen LogP contribution in [0.25, 0.3) is 66.1 Å². The topological polar surface area (TPSA) is 52.3 Å². The van der Waals surface area contributed by atoms with E-state index in [9.17, 15) is 0 Å². The number of nitrogens with two attached hydrogens (primary N) is 1. The van der Waals surface area contributed by atoms with Gasteiger partial charge in [0, 0.05) is 42.8 Å². The highest BCUT2D eigenvalue weighted by atomic mass is 79.9. The first-order valence-corrected chi connectivity index (χ1v) is 18.4. The van der Waals surface area contributed by atoms with Crippen LogP contribution in [0.2, 0.25) is 0 Å². The van der Waals surface area contributed by atoms with Crippen molar-refractivity contribution < 1.29 is 8.83 Å². The number of furan rings is 2. The minimum atomic E-state index is 0.822.